The number of hydrogen-bond donors (Lipinski definition) is 0. The number of nitro groups is 1. The Morgan fingerprint density at radius 2 is 1.31 bits per heavy atom. The third-order valence-electron chi connectivity index (χ3n) is 3.87. The maximum absolute atomic E-state index is 10.9. The van der Waals surface area contributed by atoms with Gasteiger partial charge in [-0.15, -0.1) is 5.10 Å². The van der Waals surface area contributed by atoms with E-state index in [0.29, 0.717) is 11.3 Å². The molecule has 0 aromatic heterocycles. The Morgan fingerprint density at radius 1 is 0.769 bits per heavy atom. The average molecular weight is 343 g/mol. The predicted molar refractivity (Wildman–Crippen MR) is 104 cm³/mol. The Balaban J connectivity index is 2.02. The minimum absolute atomic E-state index is 0.0346. The van der Waals surface area contributed by atoms with E-state index < -0.39 is 4.92 Å². The Labute approximate surface area is 151 Å². The lowest BCUT2D eigenvalue weighted by Crippen LogP contribution is -2.03. The van der Waals surface area contributed by atoms with E-state index >= 15 is 0 Å². The molecule has 0 N–H and O–H groups in total. The summed E-state index contributed by atoms with van der Waals surface area (Å²) in [6.45, 7) is 1.79. The molecule has 0 spiro atoms. The SMILES string of the molecule is CC(=NN=C(c1ccccc1)c1ccccc1)c1cccc([N+](=O)[O-])c1. The average Bonchev–Trinajstić information content (AvgIpc) is 2.69. The second-order valence-corrected chi connectivity index (χ2v) is 5.67. The first kappa shape index (κ1) is 17.2. The van der Waals surface area contributed by atoms with Crippen molar-refractivity contribution in [1.29, 1.82) is 0 Å². The van der Waals surface area contributed by atoms with Gasteiger partial charge in [-0.1, -0.05) is 72.8 Å². The van der Waals surface area contributed by atoms with E-state index in [2.05, 4.69) is 10.2 Å². The zero-order chi connectivity index (χ0) is 18.4. The van der Waals surface area contributed by atoms with Gasteiger partial charge < -0.3 is 0 Å². The Morgan fingerprint density at radius 3 is 1.85 bits per heavy atom. The molecule has 0 aliphatic heterocycles. The molecule has 5 heteroatoms. The monoisotopic (exact) mass is 343 g/mol. The lowest BCUT2D eigenvalue weighted by molar-refractivity contribution is -0.384. The van der Waals surface area contributed by atoms with E-state index in [-0.39, 0.29) is 5.69 Å². The molecule has 0 saturated carbocycles. The third kappa shape index (κ3) is 4.08. The highest BCUT2D eigenvalue weighted by Gasteiger charge is 2.09. The first-order valence-corrected chi connectivity index (χ1v) is 8.13. The third-order valence-corrected chi connectivity index (χ3v) is 3.87. The van der Waals surface area contributed by atoms with E-state index in [1.807, 2.05) is 60.7 Å². The lowest BCUT2D eigenvalue weighted by Gasteiger charge is -2.06. The zero-order valence-corrected chi connectivity index (χ0v) is 14.2. The molecule has 5 nitrogen and oxygen atoms in total. The van der Waals surface area contributed by atoms with Crippen LogP contribution in [0.15, 0.2) is 95.1 Å². The normalized spacial score (nSPS) is 11.0. The van der Waals surface area contributed by atoms with Crippen LogP contribution in [0, 0.1) is 10.1 Å². The molecule has 0 saturated heterocycles. The summed E-state index contributed by atoms with van der Waals surface area (Å²) in [6, 6.07) is 26.0. The number of nitro benzene ring substituents is 1. The van der Waals surface area contributed by atoms with Crippen LogP contribution in [0.1, 0.15) is 23.6 Å². The van der Waals surface area contributed by atoms with Crippen LogP contribution in [-0.2, 0) is 0 Å². The summed E-state index contributed by atoms with van der Waals surface area (Å²) in [5.74, 6) is 0. The van der Waals surface area contributed by atoms with Gasteiger partial charge in [0.2, 0.25) is 0 Å². The van der Waals surface area contributed by atoms with Gasteiger partial charge >= 0.3 is 0 Å². The fraction of sp³-hybridized carbons (Fsp3) is 0.0476. The second kappa shape index (κ2) is 7.98. The molecule has 0 fully saturated rings. The minimum atomic E-state index is -0.417. The van der Waals surface area contributed by atoms with Crippen molar-refractivity contribution in [3.63, 3.8) is 0 Å². The summed E-state index contributed by atoms with van der Waals surface area (Å²) in [4.78, 5) is 10.5. The van der Waals surface area contributed by atoms with Gasteiger partial charge in [0.25, 0.3) is 5.69 Å². The smallest absolute Gasteiger partial charge is 0.258 e. The molecule has 0 aliphatic rings. The lowest BCUT2D eigenvalue weighted by atomic mass is 10.0. The standard InChI is InChI=1S/C21H17N3O2/c1-16(19-13-8-14-20(15-19)24(25)26)22-23-21(17-9-4-2-5-10-17)18-11-6-3-7-12-18/h2-15H,1H3. The van der Waals surface area contributed by atoms with E-state index in [1.165, 1.54) is 12.1 Å². The predicted octanol–water partition coefficient (Wildman–Crippen LogP) is 4.86. The number of non-ortho nitro benzene ring substituents is 1. The molecule has 0 unspecified atom stereocenters. The van der Waals surface area contributed by atoms with Crippen molar-refractivity contribution in [3.8, 4) is 0 Å². The summed E-state index contributed by atoms with van der Waals surface area (Å²) in [5.41, 5.74) is 3.97. The fourth-order valence-corrected chi connectivity index (χ4v) is 2.50. The topological polar surface area (TPSA) is 67.9 Å². The van der Waals surface area contributed by atoms with Crippen LogP contribution < -0.4 is 0 Å². The van der Waals surface area contributed by atoms with Gasteiger partial charge in [-0.05, 0) is 6.92 Å². The highest BCUT2D eigenvalue weighted by atomic mass is 16.6. The fourth-order valence-electron chi connectivity index (χ4n) is 2.50. The van der Waals surface area contributed by atoms with Crippen LogP contribution in [0.25, 0.3) is 0 Å². The molecule has 0 radical (unpaired) electrons. The zero-order valence-electron chi connectivity index (χ0n) is 14.2. The number of nitrogens with zero attached hydrogens (tertiary/aromatic N) is 3. The molecule has 0 bridgehead atoms. The van der Waals surface area contributed by atoms with Gasteiger partial charge in [-0.2, -0.15) is 5.10 Å². The van der Waals surface area contributed by atoms with Gasteiger partial charge in [-0.3, -0.25) is 10.1 Å². The van der Waals surface area contributed by atoms with Crippen LogP contribution in [0.5, 0.6) is 0 Å². The summed E-state index contributed by atoms with van der Waals surface area (Å²) < 4.78 is 0. The largest absolute Gasteiger partial charge is 0.270 e. The molecule has 26 heavy (non-hydrogen) atoms. The molecule has 0 heterocycles. The minimum Gasteiger partial charge on any atom is -0.258 e. The van der Waals surface area contributed by atoms with Crippen molar-refractivity contribution < 1.29 is 4.92 Å². The molecule has 128 valence electrons. The summed E-state index contributed by atoms with van der Waals surface area (Å²) in [7, 11) is 0. The molecule has 0 aliphatic carbocycles. The number of benzene rings is 3. The van der Waals surface area contributed by atoms with Crippen molar-refractivity contribution in [3.05, 3.63) is 112 Å². The summed E-state index contributed by atoms with van der Waals surface area (Å²) >= 11 is 0. The van der Waals surface area contributed by atoms with Crippen LogP contribution in [-0.4, -0.2) is 16.3 Å². The number of hydrogen-bond acceptors (Lipinski definition) is 4. The Bertz CT molecular complexity index is 923. The van der Waals surface area contributed by atoms with E-state index in [1.54, 1.807) is 19.1 Å². The molecular weight excluding hydrogens is 326 g/mol. The second-order valence-electron chi connectivity index (χ2n) is 5.67. The number of rotatable bonds is 5. The van der Waals surface area contributed by atoms with Crippen molar-refractivity contribution >= 4 is 17.1 Å². The maximum atomic E-state index is 10.9. The highest BCUT2D eigenvalue weighted by molar-refractivity contribution is 6.13. The van der Waals surface area contributed by atoms with Gasteiger partial charge in [-0.25, -0.2) is 0 Å². The quantitative estimate of drug-likeness (QED) is 0.377. The Hall–Kier alpha value is -3.60. The molecule has 0 atom stereocenters. The van der Waals surface area contributed by atoms with Crippen molar-refractivity contribution in [1.82, 2.24) is 0 Å². The molecule has 3 aromatic rings. The molecule has 0 amide bonds. The van der Waals surface area contributed by atoms with E-state index in [9.17, 15) is 10.1 Å². The van der Waals surface area contributed by atoms with E-state index in [4.69, 9.17) is 0 Å². The first-order valence-electron chi connectivity index (χ1n) is 8.13. The Kier molecular flexibility index (Phi) is 5.29. The van der Waals surface area contributed by atoms with Crippen molar-refractivity contribution in [2.24, 2.45) is 10.2 Å². The van der Waals surface area contributed by atoms with Crippen LogP contribution in [0.2, 0.25) is 0 Å². The van der Waals surface area contributed by atoms with Gasteiger partial charge in [0.1, 0.15) is 5.71 Å². The van der Waals surface area contributed by atoms with Crippen LogP contribution in [0.4, 0.5) is 5.69 Å². The summed E-state index contributed by atoms with van der Waals surface area (Å²) in [5, 5.41) is 19.7. The van der Waals surface area contributed by atoms with E-state index in [0.717, 1.165) is 16.8 Å². The van der Waals surface area contributed by atoms with Crippen molar-refractivity contribution in [2.75, 3.05) is 0 Å². The molecule has 3 aromatic carbocycles. The summed E-state index contributed by atoms with van der Waals surface area (Å²) in [6.07, 6.45) is 0. The first-order chi connectivity index (χ1) is 12.6. The molecule has 3 rings (SSSR count). The van der Waals surface area contributed by atoms with Crippen LogP contribution >= 0.6 is 0 Å². The van der Waals surface area contributed by atoms with Gasteiger partial charge in [0, 0.05) is 28.8 Å². The van der Waals surface area contributed by atoms with Crippen molar-refractivity contribution in [2.45, 2.75) is 6.92 Å². The van der Waals surface area contributed by atoms with Gasteiger partial charge in [0.05, 0.1) is 10.6 Å². The molecular formula is C21H17N3O2. The highest BCUT2D eigenvalue weighted by Crippen LogP contribution is 2.15. The maximum Gasteiger partial charge on any atom is 0.270 e. The van der Waals surface area contributed by atoms with Crippen LogP contribution in [0.3, 0.4) is 0 Å². The van der Waals surface area contributed by atoms with Gasteiger partial charge in [0.15, 0.2) is 0 Å².